The number of para-hydroxylation sites is 1. The highest BCUT2D eigenvalue weighted by atomic mass is 32.2. The highest BCUT2D eigenvalue weighted by Gasteiger charge is 2.21. The Kier molecular flexibility index (Phi) is 5.37. The second kappa shape index (κ2) is 8.11. The zero-order valence-electron chi connectivity index (χ0n) is 16.6. The Labute approximate surface area is 176 Å². The minimum absolute atomic E-state index is 0.0841. The molecule has 4 rings (SSSR count). The van der Waals surface area contributed by atoms with E-state index in [4.69, 9.17) is 13.9 Å². The van der Waals surface area contributed by atoms with Gasteiger partial charge in [0.25, 0.3) is 0 Å². The number of furan rings is 1. The fraction of sp³-hybridized carbons (Fsp3) is 0.190. The normalized spacial score (nSPS) is 11.0. The molecule has 154 valence electrons. The number of carbonyl (C=O) groups is 1. The van der Waals surface area contributed by atoms with Crippen molar-refractivity contribution in [2.45, 2.75) is 5.16 Å². The summed E-state index contributed by atoms with van der Waals surface area (Å²) in [6.45, 7) is 0. The number of ketones is 1. The van der Waals surface area contributed by atoms with Gasteiger partial charge in [-0.2, -0.15) is 0 Å². The summed E-state index contributed by atoms with van der Waals surface area (Å²) >= 11 is 1.24. The van der Waals surface area contributed by atoms with Crippen LogP contribution in [0.2, 0.25) is 0 Å². The van der Waals surface area contributed by atoms with E-state index in [-0.39, 0.29) is 34.3 Å². The van der Waals surface area contributed by atoms with E-state index >= 15 is 0 Å². The maximum atomic E-state index is 12.7. The van der Waals surface area contributed by atoms with E-state index in [2.05, 4.69) is 10.2 Å². The number of phenols is 1. The number of phenolic OH excluding ortho intramolecular Hbond substituents is 1. The van der Waals surface area contributed by atoms with Crippen molar-refractivity contribution in [2.75, 3.05) is 20.0 Å². The minimum atomic E-state index is -0.219. The molecule has 0 atom stereocenters. The van der Waals surface area contributed by atoms with Crippen molar-refractivity contribution < 1.29 is 23.8 Å². The number of nitrogens with zero attached hydrogens (tertiary/aromatic N) is 3. The van der Waals surface area contributed by atoms with Gasteiger partial charge in [0, 0.05) is 12.4 Å². The van der Waals surface area contributed by atoms with Gasteiger partial charge in [0.1, 0.15) is 5.58 Å². The molecule has 2 aromatic carbocycles. The molecular weight excluding hydrogens is 406 g/mol. The number of carbonyl (C=O) groups excluding carboxylic acids is 1. The predicted octanol–water partition coefficient (Wildman–Crippen LogP) is 3.93. The van der Waals surface area contributed by atoms with Gasteiger partial charge >= 0.3 is 0 Å². The van der Waals surface area contributed by atoms with E-state index in [0.717, 1.165) is 11.0 Å². The third-order valence-electron chi connectivity index (χ3n) is 4.63. The molecule has 0 unspecified atom stereocenters. The number of hydrogen-bond acceptors (Lipinski definition) is 8. The van der Waals surface area contributed by atoms with Gasteiger partial charge in [-0.25, -0.2) is 0 Å². The number of aromatic nitrogens is 3. The van der Waals surface area contributed by atoms with Crippen LogP contribution in [0.5, 0.6) is 17.2 Å². The van der Waals surface area contributed by atoms with Crippen LogP contribution in [0.3, 0.4) is 0 Å². The first-order valence-electron chi connectivity index (χ1n) is 9.01. The molecule has 0 saturated heterocycles. The van der Waals surface area contributed by atoms with Crippen molar-refractivity contribution in [3.8, 4) is 28.8 Å². The fourth-order valence-electron chi connectivity index (χ4n) is 3.10. The number of hydrogen-bond donors (Lipinski definition) is 1. The molecule has 30 heavy (non-hydrogen) atoms. The Morgan fingerprint density at radius 3 is 2.70 bits per heavy atom. The van der Waals surface area contributed by atoms with E-state index in [1.54, 1.807) is 10.6 Å². The largest absolute Gasteiger partial charge is 0.502 e. The summed E-state index contributed by atoms with van der Waals surface area (Å²) in [4.78, 5) is 12.7. The average molecular weight is 425 g/mol. The fourth-order valence-corrected chi connectivity index (χ4v) is 3.89. The van der Waals surface area contributed by atoms with Crippen molar-refractivity contribution in [2.24, 2.45) is 7.05 Å². The molecule has 0 radical (unpaired) electrons. The maximum absolute atomic E-state index is 12.7. The second-order valence-corrected chi connectivity index (χ2v) is 7.37. The van der Waals surface area contributed by atoms with Gasteiger partial charge in [0.15, 0.2) is 34.0 Å². The van der Waals surface area contributed by atoms with Crippen molar-refractivity contribution in [1.82, 2.24) is 14.8 Å². The summed E-state index contributed by atoms with van der Waals surface area (Å²) < 4.78 is 17.9. The van der Waals surface area contributed by atoms with Crippen LogP contribution in [0.25, 0.3) is 22.6 Å². The molecule has 0 bridgehead atoms. The third kappa shape index (κ3) is 3.48. The molecule has 2 heterocycles. The molecule has 1 N–H and O–H groups in total. The number of fused-ring (bicyclic) bond motifs is 1. The van der Waals surface area contributed by atoms with Crippen LogP contribution in [-0.4, -0.2) is 45.6 Å². The zero-order valence-corrected chi connectivity index (χ0v) is 17.4. The van der Waals surface area contributed by atoms with Gasteiger partial charge < -0.3 is 23.6 Å². The molecule has 8 nitrogen and oxygen atoms in total. The van der Waals surface area contributed by atoms with Crippen LogP contribution in [0.4, 0.5) is 0 Å². The summed E-state index contributed by atoms with van der Waals surface area (Å²) in [6.07, 6.45) is 0. The molecule has 9 heteroatoms. The highest BCUT2D eigenvalue weighted by molar-refractivity contribution is 7.99. The topological polar surface area (TPSA) is 99.6 Å². The summed E-state index contributed by atoms with van der Waals surface area (Å²) in [6, 6.07) is 12.7. The van der Waals surface area contributed by atoms with Crippen LogP contribution in [0.1, 0.15) is 10.4 Å². The summed E-state index contributed by atoms with van der Waals surface area (Å²) in [5.74, 6) is 1.16. The van der Waals surface area contributed by atoms with E-state index in [9.17, 15) is 9.90 Å². The monoisotopic (exact) mass is 425 g/mol. The first kappa shape index (κ1) is 19.8. The Morgan fingerprint density at radius 2 is 1.97 bits per heavy atom. The molecule has 0 aliphatic heterocycles. The average Bonchev–Trinajstić information content (AvgIpc) is 3.34. The second-order valence-electron chi connectivity index (χ2n) is 6.42. The van der Waals surface area contributed by atoms with E-state index in [1.807, 2.05) is 37.4 Å². The maximum Gasteiger partial charge on any atom is 0.201 e. The van der Waals surface area contributed by atoms with Crippen LogP contribution in [-0.2, 0) is 7.05 Å². The van der Waals surface area contributed by atoms with Crippen molar-refractivity contribution in [3.63, 3.8) is 0 Å². The number of Topliss-reactive ketones (excluding diaryl/α,β-unsaturated/α-hetero) is 1. The smallest absolute Gasteiger partial charge is 0.201 e. The number of thioether (sulfide) groups is 1. The lowest BCUT2D eigenvalue weighted by molar-refractivity contribution is 0.101. The third-order valence-corrected chi connectivity index (χ3v) is 5.65. The highest BCUT2D eigenvalue weighted by Crippen LogP contribution is 2.39. The molecule has 0 aliphatic carbocycles. The predicted molar refractivity (Wildman–Crippen MR) is 112 cm³/mol. The van der Waals surface area contributed by atoms with Gasteiger partial charge in [0.2, 0.25) is 5.75 Å². The zero-order chi connectivity index (χ0) is 21.3. The van der Waals surface area contributed by atoms with Gasteiger partial charge in [-0.15, -0.1) is 10.2 Å². The number of rotatable bonds is 7. The van der Waals surface area contributed by atoms with Crippen LogP contribution >= 0.6 is 11.8 Å². The number of ether oxygens (including phenoxy) is 2. The van der Waals surface area contributed by atoms with Gasteiger partial charge in [-0.3, -0.25) is 4.79 Å². The van der Waals surface area contributed by atoms with E-state index in [1.165, 1.54) is 32.0 Å². The van der Waals surface area contributed by atoms with E-state index < -0.39 is 0 Å². The van der Waals surface area contributed by atoms with Gasteiger partial charge in [-0.05, 0) is 24.3 Å². The van der Waals surface area contributed by atoms with Gasteiger partial charge in [0.05, 0.1) is 25.5 Å². The molecule has 0 saturated carbocycles. The van der Waals surface area contributed by atoms with Crippen LogP contribution in [0.15, 0.2) is 52.0 Å². The summed E-state index contributed by atoms with van der Waals surface area (Å²) in [5.41, 5.74) is 1.04. The van der Waals surface area contributed by atoms with Crippen molar-refractivity contribution in [1.29, 1.82) is 0 Å². The van der Waals surface area contributed by atoms with Crippen LogP contribution in [0, 0.1) is 0 Å². The molecular formula is C21H19N3O5S. The quantitative estimate of drug-likeness (QED) is 0.351. The van der Waals surface area contributed by atoms with Crippen molar-refractivity contribution >= 4 is 28.5 Å². The molecule has 2 aromatic heterocycles. The minimum Gasteiger partial charge on any atom is -0.502 e. The lowest BCUT2D eigenvalue weighted by atomic mass is 10.1. The lowest BCUT2D eigenvalue weighted by Crippen LogP contribution is -2.06. The van der Waals surface area contributed by atoms with Crippen molar-refractivity contribution in [3.05, 3.63) is 48.0 Å². The molecule has 0 fully saturated rings. The molecule has 0 amide bonds. The SMILES string of the molecule is COc1ccc(C(=O)CSc2nnc(-c3cc4ccccc4o3)n2C)c(OC)c1O. The Hall–Kier alpha value is -3.46. The first-order valence-corrected chi connectivity index (χ1v) is 10.00. The Bertz CT molecular complexity index is 1200. The molecule has 0 spiro atoms. The van der Waals surface area contributed by atoms with E-state index in [0.29, 0.717) is 16.7 Å². The summed E-state index contributed by atoms with van der Waals surface area (Å²) in [7, 11) is 4.63. The molecule has 4 aromatic rings. The standard InChI is InChI=1S/C21H19N3O5S/c1-24-20(17-10-12-6-4-5-7-15(12)29-17)22-23-21(24)30-11-14(25)13-8-9-16(27-2)18(26)19(13)28-3/h4-10,26H,11H2,1-3H3. The number of benzene rings is 2. The number of methoxy groups -OCH3 is 2. The lowest BCUT2D eigenvalue weighted by Gasteiger charge is -2.12. The van der Waals surface area contributed by atoms with Gasteiger partial charge in [-0.1, -0.05) is 30.0 Å². The number of aromatic hydroxyl groups is 1. The first-order chi connectivity index (χ1) is 14.5. The Balaban J connectivity index is 1.54. The Morgan fingerprint density at radius 1 is 1.17 bits per heavy atom. The van der Waals surface area contributed by atoms with Crippen LogP contribution < -0.4 is 9.47 Å². The molecule has 0 aliphatic rings. The summed E-state index contributed by atoms with van der Waals surface area (Å²) in [5, 5.41) is 20.1.